The van der Waals surface area contributed by atoms with Gasteiger partial charge in [-0.3, -0.25) is 4.79 Å². The van der Waals surface area contributed by atoms with E-state index in [0.29, 0.717) is 12.6 Å². The third-order valence-electron chi connectivity index (χ3n) is 3.50. The normalized spacial score (nSPS) is 27.5. The first-order chi connectivity index (χ1) is 7.57. The van der Waals surface area contributed by atoms with Crippen molar-refractivity contribution in [3.8, 4) is 0 Å². The highest BCUT2D eigenvalue weighted by Gasteiger charge is 2.31. The Morgan fingerprint density at radius 1 is 1.62 bits per heavy atom. The van der Waals surface area contributed by atoms with Gasteiger partial charge in [0, 0.05) is 20.2 Å². The maximum Gasteiger partial charge on any atom is 0.227 e. The molecule has 1 amide bonds. The number of ether oxygens (including phenoxy) is 1. The highest BCUT2D eigenvalue weighted by Crippen LogP contribution is 2.19. The Hall–Kier alpha value is -0.610. The van der Waals surface area contributed by atoms with E-state index in [0.717, 1.165) is 19.4 Å². The van der Waals surface area contributed by atoms with E-state index in [1.165, 1.54) is 0 Å². The van der Waals surface area contributed by atoms with Gasteiger partial charge in [-0.2, -0.15) is 0 Å². The minimum Gasteiger partial charge on any atom is -0.383 e. The quantitative estimate of drug-likeness (QED) is 0.776. The van der Waals surface area contributed by atoms with Crippen molar-refractivity contribution in [1.82, 2.24) is 10.2 Å². The van der Waals surface area contributed by atoms with Crippen molar-refractivity contribution in [1.29, 1.82) is 0 Å². The molecule has 3 unspecified atom stereocenters. The molecular formula is C12H24N2O2. The Morgan fingerprint density at radius 3 is 2.88 bits per heavy atom. The van der Waals surface area contributed by atoms with Crippen LogP contribution in [0, 0.1) is 5.92 Å². The molecule has 0 spiro atoms. The number of carbonyl (C=O) groups is 1. The van der Waals surface area contributed by atoms with Crippen molar-refractivity contribution in [2.24, 2.45) is 5.92 Å². The van der Waals surface area contributed by atoms with Crippen LogP contribution in [-0.2, 0) is 9.53 Å². The van der Waals surface area contributed by atoms with Crippen LogP contribution in [0.3, 0.4) is 0 Å². The zero-order chi connectivity index (χ0) is 12.1. The molecule has 1 rings (SSSR count). The molecule has 0 aromatic carbocycles. The number of rotatable bonds is 4. The average molecular weight is 228 g/mol. The predicted molar refractivity (Wildman–Crippen MR) is 64.3 cm³/mol. The average Bonchev–Trinajstić information content (AvgIpc) is 2.28. The van der Waals surface area contributed by atoms with Gasteiger partial charge in [-0.05, 0) is 33.2 Å². The van der Waals surface area contributed by atoms with E-state index >= 15 is 0 Å². The number of amides is 1. The fourth-order valence-corrected chi connectivity index (χ4v) is 2.21. The molecule has 1 saturated heterocycles. The lowest BCUT2D eigenvalue weighted by Gasteiger charge is -2.34. The SMILES string of the molecule is COCC(C)N(C)C(=O)C1CCCNC1C. The van der Waals surface area contributed by atoms with Crippen LogP contribution in [0.2, 0.25) is 0 Å². The Labute approximate surface area is 98.3 Å². The maximum absolute atomic E-state index is 12.3. The van der Waals surface area contributed by atoms with Crippen LogP contribution in [0.15, 0.2) is 0 Å². The largest absolute Gasteiger partial charge is 0.383 e. The van der Waals surface area contributed by atoms with Gasteiger partial charge in [0.1, 0.15) is 0 Å². The molecule has 1 heterocycles. The second-order valence-corrected chi connectivity index (χ2v) is 4.75. The molecular weight excluding hydrogens is 204 g/mol. The van der Waals surface area contributed by atoms with Crippen LogP contribution in [0.1, 0.15) is 26.7 Å². The van der Waals surface area contributed by atoms with Gasteiger partial charge in [-0.25, -0.2) is 0 Å². The Balaban J connectivity index is 2.54. The molecule has 0 saturated carbocycles. The molecule has 4 heteroatoms. The first-order valence-corrected chi connectivity index (χ1v) is 6.07. The number of likely N-dealkylation sites (N-methyl/N-ethyl adjacent to an activating group) is 1. The van der Waals surface area contributed by atoms with E-state index in [9.17, 15) is 4.79 Å². The van der Waals surface area contributed by atoms with Gasteiger partial charge in [0.2, 0.25) is 5.91 Å². The van der Waals surface area contributed by atoms with Gasteiger partial charge in [-0.1, -0.05) is 0 Å². The first kappa shape index (κ1) is 13.5. The van der Waals surface area contributed by atoms with Crippen molar-refractivity contribution in [2.75, 3.05) is 27.3 Å². The summed E-state index contributed by atoms with van der Waals surface area (Å²) < 4.78 is 5.08. The number of nitrogens with zero attached hydrogens (tertiary/aromatic N) is 1. The molecule has 0 radical (unpaired) electrons. The van der Waals surface area contributed by atoms with E-state index in [4.69, 9.17) is 4.74 Å². The van der Waals surface area contributed by atoms with E-state index < -0.39 is 0 Å². The summed E-state index contributed by atoms with van der Waals surface area (Å²) in [5, 5.41) is 3.36. The minimum absolute atomic E-state index is 0.123. The van der Waals surface area contributed by atoms with Gasteiger partial charge >= 0.3 is 0 Å². The van der Waals surface area contributed by atoms with E-state index in [2.05, 4.69) is 12.2 Å². The Morgan fingerprint density at radius 2 is 2.31 bits per heavy atom. The summed E-state index contributed by atoms with van der Waals surface area (Å²) in [5.41, 5.74) is 0. The summed E-state index contributed by atoms with van der Waals surface area (Å²) in [4.78, 5) is 14.1. The Kier molecular flexibility index (Phi) is 5.22. The lowest BCUT2D eigenvalue weighted by molar-refractivity contribution is -0.138. The van der Waals surface area contributed by atoms with Crippen molar-refractivity contribution in [3.05, 3.63) is 0 Å². The van der Waals surface area contributed by atoms with Gasteiger partial charge < -0.3 is 15.0 Å². The molecule has 0 bridgehead atoms. The summed E-state index contributed by atoms with van der Waals surface area (Å²) in [7, 11) is 3.53. The molecule has 1 aliphatic heterocycles. The van der Waals surface area contributed by atoms with Crippen molar-refractivity contribution in [2.45, 2.75) is 38.8 Å². The highest BCUT2D eigenvalue weighted by molar-refractivity contribution is 5.79. The fourth-order valence-electron chi connectivity index (χ4n) is 2.21. The molecule has 0 aliphatic carbocycles. The topological polar surface area (TPSA) is 41.6 Å². The zero-order valence-electron chi connectivity index (χ0n) is 10.8. The zero-order valence-corrected chi connectivity index (χ0v) is 10.8. The molecule has 1 fully saturated rings. The minimum atomic E-state index is 0.123. The molecule has 94 valence electrons. The number of hydrogen-bond donors (Lipinski definition) is 1. The standard InChI is InChI=1S/C12H24N2O2/c1-9(8-16-4)14(3)12(15)11-6-5-7-13-10(11)2/h9-11,13H,5-8H2,1-4H3. The lowest BCUT2D eigenvalue weighted by atomic mass is 9.90. The monoisotopic (exact) mass is 228 g/mol. The Bertz CT molecular complexity index is 233. The van der Waals surface area contributed by atoms with Gasteiger partial charge in [-0.15, -0.1) is 0 Å². The third-order valence-corrected chi connectivity index (χ3v) is 3.50. The van der Waals surface area contributed by atoms with Crippen molar-refractivity contribution >= 4 is 5.91 Å². The first-order valence-electron chi connectivity index (χ1n) is 6.07. The van der Waals surface area contributed by atoms with Gasteiger partial charge in [0.05, 0.1) is 18.6 Å². The number of piperidine rings is 1. The van der Waals surface area contributed by atoms with Crippen molar-refractivity contribution < 1.29 is 9.53 Å². The third kappa shape index (κ3) is 3.19. The van der Waals surface area contributed by atoms with E-state index in [-0.39, 0.29) is 17.9 Å². The summed E-state index contributed by atoms with van der Waals surface area (Å²) in [6.07, 6.45) is 2.09. The van der Waals surface area contributed by atoms with E-state index in [1.807, 2.05) is 18.9 Å². The molecule has 1 N–H and O–H groups in total. The van der Waals surface area contributed by atoms with Gasteiger partial charge in [0.15, 0.2) is 0 Å². The summed E-state index contributed by atoms with van der Waals surface area (Å²) in [5.74, 6) is 0.363. The fraction of sp³-hybridized carbons (Fsp3) is 0.917. The maximum atomic E-state index is 12.3. The van der Waals surface area contributed by atoms with Crippen LogP contribution in [0.4, 0.5) is 0 Å². The molecule has 16 heavy (non-hydrogen) atoms. The summed E-state index contributed by atoms with van der Waals surface area (Å²) in [6.45, 7) is 5.73. The highest BCUT2D eigenvalue weighted by atomic mass is 16.5. The number of methoxy groups -OCH3 is 1. The summed E-state index contributed by atoms with van der Waals surface area (Å²) >= 11 is 0. The van der Waals surface area contributed by atoms with Crippen LogP contribution < -0.4 is 5.32 Å². The smallest absolute Gasteiger partial charge is 0.227 e. The van der Waals surface area contributed by atoms with Crippen LogP contribution in [0.25, 0.3) is 0 Å². The molecule has 3 atom stereocenters. The van der Waals surface area contributed by atoms with Crippen molar-refractivity contribution in [3.63, 3.8) is 0 Å². The molecule has 1 aliphatic rings. The molecule has 0 aromatic heterocycles. The van der Waals surface area contributed by atoms with Crippen LogP contribution >= 0.6 is 0 Å². The van der Waals surface area contributed by atoms with Crippen LogP contribution in [0.5, 0.6) is 0 Å². The van der Waals surface area contributed by atoms with E-state index in [1.54, 1.807) is 7.11 Å². The van der Waals surface area contributed by atoms with Gasteiger partial charge in [0.25, 0.3) is 0 Å². The summed E-state index contributed by atoms with van der Waals surface area (Å²) in [6, 6.07) is 0.435. The number of carbonyl (C=O) groups excluding carboxylic acids is 1. The predicted octanol–water partition coefficient (Wildman–Crippen LogP) is 0.868. The molecule has 0 aromatic rings. The lowest BCUT2D eigenvalue weighted by Crippen LogP contribution is -2.49. The molecule has 4 nitrogen and oxygen atoms in total. The second kappa shape index (κ2) is 6.21. The second-order valence-electron chi connectivity index (χ2n) is 4.75. The van der Waals surface area contributed by atoms with Crippen LogP contribution in [-0.4, -0.2) is 50.2 Å². The number of nitrogens with one attached hydrogen (secondary N) is 1. The number of hydrogen-bond acceptors (Lipinski definition) is 3.